The van der Waals surface area contributed by atoms with Crippen molar-refractivity contribution in [2.75, 3.05) is 16.8 Å². The molecule has 1 aliphatic carbocycles. The van der Waals surface area contributed by atoms with Crippen LogP contribution in [0.15, 0.2) is 30.4 Å². The van der Waals surface area contributed by atoms with Gasteiger partial charge < -0.3 is 15.3 Å². The Balaban J connectivity index is 1.79. The van der Waals surface area contributed by atoms with Gasteiger partial charge in [0.2, 0.25) is 11.8 Å². The van der Waals surface area contributed by atoms with Crippen LogP contribution < -0.4 is 10.2 Å². The average molecular weight is 346 g/mol. The molecule has 0 unspecified atom stereocenters. The van der Waals surface area contributed by atoms with E-state index in [4.69, 9.17) is 0 Å². The Morgan fingerprint density at radius 3 is 2.56 bits per heavy atom. The maximum absolute atomic E-state index is 14.1. The summed E-state index contributed by atoms with van der Waals surface area (Å²) in [6.07, 6.45) is 5.27. The van der Waals surface area contributed by atoms with Crippen LogP contribution in [0.2, 0.25) is 0 Å². The number of hydrogen-bond acceptors (Lipinski definition) is 3. The maximum Gasteiger partial charge on any atom is 0.307 e. The van der Waals surface area contributed by atoms with Crippen molar-refractivity contribution in [3.8, 4) is 0 Å². The number of amides is 2. The zero-order valence-electron chi connectivity index (χ0n) is 13.6. The molecule has 6 nitrogen and oxygen atoms in total. The first-order valence-electron chi connectivity index (χ1n) is 8.26. The van der Waals surface area contributed by atoms with E-state index in [2.05, 4.69) is 5.32 Å². The van der Waals surface area contributed by atoms with Crippen molar-refractivity contribution in [1.82, 2.24) is 0 Å². The third-order valence-corrected chi connectivity index (χ3v) is 4.68. The molecule has 2 amide bonds. The monoisotopic (exact) mass is 346 g/mol. The Kier molecular flexibility index (Phi) is 4.83. The fourth-order valence-electron chi connectivity index (χ4n) is 3.30. The van der Waals surface area contributed by atoms with E-state index in [1.165, 1.54) is 18.2 Å². The highest BCUT2D eigenvalue weighted by Gasteiger charge is 2.34. The van der Waals surface area contributed by atoms with Crippen molar-refractivity contribution < 1.29 is 23.9 Å². The molecule has 0 radical (unpaired) electrons. The highest BCUT2D eigenvalue weighted by Crippen LogP contribution is 2.30. The third-order valence-electron chi connectivity index (χ3n) is 4.68. The van der Waals surface area contributed by atoms with Crippen LogP contribution in [0.1, 0.15) is 25.7 Å². The van der Waals surface area contributed by atoms with E-state index in [-0.39, 0.29) is 18.0 Å². The fourth-order valence-corrected chi connectivity index (χ4v) is 3.30. The molecule has 132 valence electrons. The number of nitrogens with zero attached hydrogens (tertiary/aromatic N) is 1. The van der Waals surface area contributed by atoms with Gasteiger partial charge in [0.15, 0.2) is 0 Å². The number of nitrogens with one attached hydrogen (secondary N) is 1. The Morgan fingerprint density at radius 2 is 1.92 bits per heavy atom. The van der Waals surface area contributed by atoms with E-state index in [1.807, 2.05) is 0 Å². The minimum absolute atomic E-state index is 0.0350. The number of benzene rings is 1. The number of carboxylic acids is 1. The second-order valence-corrected chi connectivity index (χ2v) is 6.30. The summed E-state index contributed by atoms with van der Waals surface area (Å²) in [6.45, 7) is 0.562. The minimum atomic E-state index is -1.04. The predicted molar refractivity (Wildman–Crippen MR) is 89.6 cm³/mol. The van der Waals surface area contributed by atoms with Crippen molar-refractivity contribution in [3.05, 3.63) is 36.2 Å². The number of halogens is 1. The van der Waals surface area contributed by atoms with E-state index in [0.717, 1.165) is 6.42 Å². The lowest BCUT2D eigenvalue weighted by atomic mass is 9.82. The SMILES string of the molecule is O=C(O)[C@H]1CC=CC[C@H]1C(=O)Nc1cc(N2CCCC2=O)ccc1F. The Bertz CT molecular complexity index is 747. The van der Waals surface area contributed by atoms with Crippen molar-refractivity contribution in [1.29, 1.82) is 0 Å². The molecule has 3 rings (SSSR count). The van der Waals surface area contributed by atoms with Gasteiger partial charge in [0.1, 0.15) is 5.82 Å². The van der Waals surface area contributed by atoms with E-state index in [0.29, 0.717) is 25.1 Å². The number of carboxylic acid groups (broad SMARTS) is 1. The molecule has 1 aliphatic heterocycles. The number of rotatable bonds is 4. The molecule has 0 bridgehead atoms. The lowest BCUT2D eigenvalue weighted by molar-refractivity contribution is -0.146. The zero-order chi connectivity index (χ0) is 18.0. The van der Waals surface area contributed by atoms with E-state index >= 15 is 0 Å². The van der Waals surface area contributed by atoms with Gasteiger partial charge in [-0.3, -0.25) is 14.4 Å². The first-order chi connectivity index (χ1) is 12.0. The van der Waals surface area contributed by atoms with Gasteiger partial charge in [-0.2, -0.15) is 0 Å². The van der Waals surface area contributed by atoms with Gasteiger partial charge in [0.25, 0.3) is 0 Å². The van der Waals surface area contributed by atoms with Gasteiger partial charge in [-0.25, -0.2) is 4.39 Å². The van der Waals surface area contributed by atoms with Crippen LogP contribution in [-0.2, 0) is 14.4 Å². The minimum Gasteiger partial charge on any atom is -0.481 e. The van der Waals surface area contributed by atoms with Crippen molar-refractivity contribution in [2.45, 2.75) is 25.7 Å². The number of hydrogen-bond donors (Lipinski definition) is 2. The lowest BCUT2D eigenvalue weighted by Crippen LogP contribution is -2.35. The molecule has 25 heavy (non-hydrogen) atoms. The van der Waals surface area contributed by atoms with Crippen LogP contribution in [0, 0.1) is 17.7 Å². The molecule has 1 saturated heterocycles. The first-order valence-corrected chi connectivity index (χ1v) is 8.26. The Hall–Kier alpha value is -2.70. The molecule has 2 atom stereocenters. The lowest BCUT2D eigenvalue weighted by Gasteiger charge is -2.24. The van der Waals surface area contributed by atoms with Crippen LogP contribution in [0.25, 0.3) is 0 Å². The number of carbonyl (C=O) groups excluding carboxylic acids is 2. The third kappa shape index (κ3) is 3.55. The van der Waals surface area contributed by atoms with Crippen molar-refractivity contribution in [3.63, 3.8) is 0 Å². The van der Waals surface area contributed by atoms with Gasteiger partial charge in [-0.1, -0.05) is 12.2 Å². The molecule has 0 spiro atoms. The summed E-state index contributed by atoms with van der Waals surface area (Å²) < 4.78 is 14.1. The Morgan fingerprint density at radius 1 is 1.20 bits per heavy atom. The smallest absolute Gasteiger partial charge is 0.307 e. The van der Waals surface area contributed by atoms with Gasteiger partial charge in [-0.05, 0) is 37.5 Å². The number of anilines is 2. The van der Waals surface area contributed by atoms with Crippen molar-refractivity contribution >= 4 is 29.2 Å². The van der Waals surface area contributed by atoms with Crippen LogP contribution in [0.3, 0.4) is 0 Å². The van der Waals surface area contributed by atoms with Crippen LogP contribution in [0.5, 0.6) is 0 Å². The topological polar surface area (TPSA) is 86.7 Å². The largest absolute Gasteiger partial charge is 0.481 e. The molecule has 0 aromatic heterocycles. The number of carbonyl (C=O) groups is 3. The summed E-state index contributed by atoms with van der Waals surface area (Å²) in [4.78, 5) is 37.2. The van der Waals surface area contributed by atoms with Gasteiger partial charge in [0, 0.05) is 18.7 Å². The summed E-state index contributed by atoms with van der Waals surface area (Å²) in [7, 11) is 0. The highest BCUT2D eigenvalue weighted by molar-refractivity contribution is 5.98. The second kappa shape index (κ2) is 7.04. The van der Waals surface area contributed by atoms with E-state index in [9.17, 15) is 23.9 Å². The average Bonchev–Trinajstić information content (AvgIpc) is 3.02. The zero-order valence-corrected chi connectivity index (χ0v) is 13.6. The van der Waals surface area contributed by atoms with Crippen LogP contribution in [-0.4, -0.2) is 29.4 Å². The Labute approximate surface area is 144 Å². The molecule has 1 aromatic carbocycles. The van der Waals surface area contributed by atoms with Gasteiger partial charge in [-0.15, -0.1) is 0 Å². The molecule has 1 aromatic rings. The normalized spacial score (nSPS) is 22.9. The summed E-state index contributed by atoms with van der Waals surface area (Å²) in [5.41, 5.74) is 0.485. The van der Waals surface area contributed by atoms with Crippen LogP contribution in [0.4, 0.5) is 15.8 Å². The highest BCUT2D eigenvalue weighted by atomic mass is 19.1. The molecule has 1 fully saturated rings. The molecule has 2 N–H and O–H groups in total. The molecule has 1 heterocycles. The standard InChI is InChI=1S/C18H19FN2O4/c19-14-8-7-11(21-9-3-6-16(21)22)10-15(14)20-17(23)12-4-1-2-5-13(12)18(24)25/h1-2,7-8,10,12-13H,3-6,9H2,(H,20,23)(H,24,25)/t12-,13+/m1/s1. The second-order valence-electron chi connectivity index (χ2n) is 6.30. The van der Waals surface area contributed by atoms with E-state index in [1.54, 1.807) is 17.1 Å². The predicted octanol–water partition coefficient (Wildman–Crippen LogP) is 2.56. The quantitative estimate of drug-likeness (QED) is 0.821. The molecule has 2 aliphatic rings. The molecule has 0 saturated carbocycles. The number of aliphatic carboxylic acids is 1. The molecular formula is C18H19FN2O4. The van der Waals surface area contributed by atoms with E-state index < -0.39 is 29.5 Å². The maximum atomic E-state index is 14.1. The van der Waals surface area contributed by atoms with Crippen molar-refractivity contribution in [2.24, 2.45) is 11.8 Å². The summed E-state index contributed by atoms with van der Waals surface area (Å²) in [6, 6.07) is 4.12. The molecular weight excluding hydrogens is 327 g/mol. The molecule has 7 heteroatoms. The summed E-state index contributed by atoms with van der Waals surface area (Å²) in [5.74, 6) is -3.80. The number of allylic oxidation sites excluding steroid dienone is 2. The van der Waals surface area contributed by atoms with Gasteiger partial charge >= 0.3 is 5.97 Å². The fraction of sp³-hybridized carbons (Fsp3) is 0.389. The summed E-state index contributed by atoms with van der Waals surface area (Å²) >= 11 is 0. The van der Waals surface area contributed by atoms with Crippen LogP contribution >= 0.6 is 0 Å². The summed E-state index contributed by atoms with van der Waals surface area (Å²) in [5, 5.41) is 11.8. The first kappa shape index (κ1) is 17.1. The van der Waals surface area contributed by atoms with Gasteiger partial charge in [0.05, 0.1) is 17.5 Å².